The van der Waals surface area contributed by atoms with Crippen molar-refractivity contribution in [2.24, 2.45) is 20.5 Å². The van der Waals surface area contributed by atoms with Gasteiger partial charge in [-0.3, -0.25) is 0 Å². The Hall–Kier alpha value is -3.17. The Morgan fingerprint density at radius 2 is 0.848 bits per heavy atom. The summed E-state index contributed by atoms with van der Waals surface area (Å²) in [5.41, 5.74) is 2.54. The second kappa shape index (κ2) is 11.6. The zero-order chi connectivity index (χ0) is 22.2. The summed E-state index contributed by atoms with van der Waals surface area (Å²) < 4.78 is 30.4. The van der Waals surface area contributed by atoms with Gasteiger partial charge in [0, 0.05) is 0 Å². The van der Waals surface area contributed by atoms with Crippen LogP contribution < -0.4 is 4.18 Å². The molecule has 0 bridgehead atoms. The van der Waals surface area contributed by atoms with E-state index in [0.29, 0.717) is 17.1 Å². The van der Waals surface area contributed by atoms with Crippen LogP contribution in [0.25, 0.3) is 0 Å². The van der Waals surface area contributed by atoms with Crippen molar-refractivity contribution in [1.29, 1.82) is 0 Å². The van der Waals surface area contributed by atoms with E-state index >= 15 is 0 Å². The molecule has 0 N–H and O–H groups in total. The molecule has 0 saturated heterocycles. The molecule has 4 rings (SSSR count). The Kier molecular flexibility index (Phi) is 8.62. The molecule has 0 atom stereocenters. The zero-order valence-electron chi connectivity index (χ0n) is 16.8. The van der Waals surface area contributed by atoms with E-state index in [1.54, 1.807) is 24.3 Å². The average Bonchev–Trinajstić information content (AvgIpc) is 2.84. The number of azo groups is 2. The van der Waals surface area contributed by atoms with Crippen molar-refractivity contribution in [1.82, 2.24) is 0 Å². The minimum absolute atomic E-state index is 0. The fraction of sp³-hybridized carbons (Fsp3) is 0. The summed E-state index contributed by atoms with van der Waals surface area (Å²) in [6, 6.07) is 30.9. The molecule has 0 unspecified atom stereocenters. The van der Waals surface area contributed by atoms with Crippen molar-refractivity contribution in [2.45, 2.75) is 4.90 Å². The van der Waals surface area contributed by atoms with Gasteiger partial charge in [-0.15, -0.1) is 0 Å². The van der Waals surface area contributed by atoms with Gasteiger partial charge in [-0.2, -0.15) is 28.9 Å². The first-order valence-corrected chi connectivity index (χ1v) is 11.1. The maximum atomic E-state index is 12.6. The summed E-state index contributed by atoms with van der Waals surface area (Å²) in [5.74, 6) is 0.177. The molecular formula is C24H19N4NaO3S. The summed E-state index contributed by atoms with van der Waals surface area (Å²) >= 11 is 0. The second-order valence-corrected chi connectivity index (χ2v) is 8.14. The number of rotatable bonds is 7. The molecule has 0 aliphatic rings. The fourth-order valence-corrected chi connectivity index (χ4v) is 3.57. The van der Waals surface area contributed by atoms with Crippen LogP contribution in [0.15, 0.2) is 135 Å². The molecule has 0 radical (unpaired) electrons. The average molecular weight is 466 g/mol. The maximum absolute atomic E-state index is 12.6. The van der Waals surface area contributed by atoms with Crippen molar-refractivity contribution >= 4 is 62.4 Å². The van der Waals surface area contributed by atoms with Crippen LogP contribution in [-0.2, 0) is 10.1 Å². The van der Waals surface area contributed by atoms with E-state index in [2.05, 4.69) is 20.5 Å². The molecule has 4 aromatic rings. The van der Waals surface area contributed by atoms with E-state index in [1.807, 2.05) is 60.7 Å². The quantitative estimate of drug-likeness (QED) is 0.174. The second-order valence-electron chi connectivity index (χ2n) is 6.60. The third kappa shape index (κ3) is 7.16. The summed E-state index contributed by atoms with van der Waals surface area (Å²) in [6.45, 7) is 0. The monoisotopic (exact) mass is 466 g/mol. The first kappa shape index (κ1) is 24.5. The normalized spacial score (nSPS) is 11.4. The Morgan fingerprint density at radius 1 is 0.485 bits per heavy atom. The third-order valence-corrected chi connectivity index (χ3v) is 5.50. The molecule has 4 aromatic carbocycles. The number of hydrogen-bond donors (Lipinski definition) is 0. The van der Waals surface area contributed by atoms with Gasteiger partial charge in [-0.25, -0.2) is 0 Å². The van der Waals surface area contributed by atoms with Crippen molar-refractivity contribution in [3.05, 3.63) is 109 Å². The van der Waals surface area contributed by atoms with Crippen LogP contribution in [0.5, 0.6) is 5.75 Å². The van der Waals surface area contributed by atoms with Crippen LogP contribution >= 0.6 is 0 Å². The van der Waals surface area contributed by atoms with Crippen molar-refractivity contribution in [2.75, 3.05) is 0 Å². The topological polar surface area (TPSA) is 92.8 Å². The Bertz CT molecular complexity index is 1330. The van der Waals surface area contributed by atoms with Gasteiger partial charge in [-0.1, -0.05) is 36.4 Å². The molecule has 0 aliphatic carbocycles. The van der Waals surface area contributed by atoms with E-state index in [0.717, 1.165) is 5.69 Å². The van der Waals surface area contributed by atoms with E-state index in [1.165, 1.54) is 24.3 Å². The molecule has 0 spiro atoms. The Morgan fingerprint density at radius 3 is 1.27 bits per heavy atom. The van der Waals surface area contributed by atoms with E-state index in [9.17, 15) is 8.42 Å². The van der Waals surface area contributed by atoms with Crippen LogP contribution in [0.2, 0.25) is 0 Å². The van der Waals surface area contributed by atoms with E-state index < -0.39 is 10.1 Å². The molecule has 0 aromatic heterocycles. The van der Waals surface area contributed by atoms with Gasteiger partial charge in [0.15, 0.2) is 0 Å². The molecule has 0 heterocycles. The van der Waals surface area contributed by atoms with E-state index in [-0.39, 0.29) is 40.2 Å². The van der Waals surface area contributed by atoms with E-state index in [4.69, 9.17) is 4.18 Å². The zero-order valence-corrected chi connectivity index (χ0v) is 17.6. The van der Waals surface area contributed by atoms with Gasteiger partial charge in [0.1, 0.15) is 10.6 Å². The minimum atomic E-state index is -3.99. The molecule has 9 heteroatoms. The first-order valence-electron chi connectivity index (χ1n) is 9.67. The molecular weight excluding hydrogens is 447 g/mol. The third-order valence-electron chi connectivity index (χ3n) is 4.24. The van der Waals surface area contributed by atoms with Crippen LogP contribution in [-0.4, -0.2) is 38.0 Å². The summed E-state index contributed by atoms with van der Waals surface area (Å²) in [5, 5.41) is 16.5. The standard InChI is InChI=1S/C24H18N4O3S.Na.H/c29-32(30,24-17-13-22(14-18-24)28-26-20-9-5-2-6-10-20)31-23-15-11-21(12-16-23)27-25-19-7-3-1-4-8-19;;/h1-18H;;/b27-25+,28-26+;;. The molecule has 160 valence electrons. The fourth-order valence-electron chi connectivity index (χ4n) is 2.64. The van der Waals surface area contributed by atoms with Crippen LogP contribution in [0, 0.1) is 0 Å². The molecule has 0 aliphatic heterocycles. The molecule has 7 nitrogen and oxygen atoms in total. The van der Waals surface area contributed by atoms with Gasteiger partial charge < -0.3 is 4.18 Å². The van der Waals surface area contributed by atoms with Crippen molar-refractivity contribution in [3.63, 3.8) is 0 Å². The molecule has 0 saturated carbocycles. The van der Waals surface area contributed by atoms with Crippen LogP contribution in [0.1, 0.15) is 0 Å². The molecule has 0 fully saturated rings. The number of nitrogens with zero attached hydrogens (tertiary/aromatic N) is 4. The van der Waals surface area contributed by atoms with Crippen LogP contribution in [0.4, 0.5) is 22.7 Å². The number of benzene rings is 4. The summed E-state index contributed by atoms with van der Waals surface area (Å²) in [6.07, 6.45) is 0. The van der Waals surface area contributed by atoms with Gasteiger partial charge in [0.05, 0.1) is 22.7 Å². The number of hydrogen-bond acceptors (Lipinski definition) is 7. The van der Waals surface area contributed by atoms with Crippen LogP contribution in [0.3, 0.4) is 0 Å². The Labute approximate surface area is 214 Å². The van der Waals surface area contributed by atoms with Gasteiger partial charge >= 0.3 is 39.7 Å². The SMILES string of the molecule is O=S(=O)(Oc1ccc(/N=N/c2ccccc2)cc1)c1ccc(/N=N/c2ccccc2)cc1.[NaH]. The first-order chi connectivity index (χ1) is 15.6. The van der Waals surface area contributed by atoms with Gasteiger partial charge in [-0.05, 0) is 72.8 Å². The van der Waals surface area contributed by atoms with Gasteiger partial charge in [0.2, 0.25) is 0 Å². The predicted octanol–water partition coefficient (Wildman–Crippen LogP) is 6.64. The summed E-state index contributed by atoms with van der Waals surface area (Å²) in [7, 11) is -3.99. The van der Waals surface area contributed by atoms with Gasteiger partial charge in [0.25, 0.3) is 0 Å². The summed E-state index contributed by atoms with van der Waals surface area (Å²) in [4.78, 5) is 0.0176. The Balaban J connectivity index is 0.00000306. The van der Waals surface area contributed by atoms with Crippen molar-refractivity contribution < 1.29 is 12.6 Å². The molecule has 33 heavy (non-hydrogen) atoms. The molecule has 0 amide bonds. The van der Waals surface area contributed by atoms with Crippen molar-refractivity contribution in [3.8, 4) is 5.75 Å². The predicted molar refractivity (Wildman–Crippen MR) is 129 cm³/mol.